The van der Waals surface area contributed by atoms with E-state index in [0.717, 1.165) is 13.1 Å². The van der Waals surface area contributed by atoms with Crippen LogP contribution in [0.4, 0.5) is 0 Å². The van der Waals surface area contributed by atoms with E-state index in [1.807, 2.05) is 26.1 Å². The van der Waals surface area contributed by atoms with Gasteiger partial charge in [-0.1, -0.05) is 52.3 Å². The van der Waals surface area contributed by atoms with Crippen molar-refractivity contribution in [1.29, 1.82) is 0 Å². The summed E-state index contributed by atoms with van der Waals surface area (Å²) in [6, 6.07) is 8.29. The number of rotatable bonds is 3. The lowest BCUT2D eigenvalue weighted by molar-refractivity contribution is 0.377. The average molecular weight is 263 g/mol. The second kappa shape index (κ2) is 10.6. The van der Waals surface area contributed by atoms with Crippen molar-refractivity contribution in [2.45, 2.75) is 40.7 Å². The molecule has 0 fully saturated rings. The molecule has 1 aromatic heterocycles. The molecule has 3 nitrogen and oxygen atoms in total. The molecule has 3 heteroatoms. The van der Waals surface area contributed by atoms with Crippen molar-refractivity contribution in [2.75, 3.05) is 20.6 Å². The van der Waals surface area contributed by atoms with Crippen molar-refractivity contribution in [2.24, 2.45) is 0 Å². The van der Waals surface area contributed by atoms with Crippen LogP contribution in [0.2, 0.25) is 0 Å². The van der Waals surface area contributed by atoms with E-state index >= 15 is 0 Å². The minimum Gasteiger partial charge on any atom is -0.308 e. The topological polar surface area (TPSA) is 21.1 Å². The van der Waals surface area contributed by atoms with E-state index < -0.39 is 0 Å². The summed E-state index contributed by atoms with van der Waals surface area (Å²) in [5, 5.41) is 5.57. The van der Waals surface area contributed by atoms with E-state index in [1.165, 1.54) is 17.3 Å². The molecule has 0 saturated heterocycles. The first-order chi connectivity index (χ1) is 9.19. The molecule has 0 amide bonds. The first-order valence-electron chi connectivity index (χ1n) is 7.24. The number of fused-ring (bicyclic) bond motifs is 1. The molecule has 2 rings (SSSR count). The number of para-hydroxylation sites is 1. The summed E-state index contributed by atoms with van der Waals surface area (Å²) in [6.45, 7) is 10.2. The number of hydrogen-bond acceptors (Lipinski definition) is 2. The summed E-state index contributed by atoms with van der Waals surface area (Å²) in [5.41, 5.74) is 1.22. The molecule has 0 aliphatic rings. The number of benzene rings is 1. The maximum absolute atomic E-state index is 4.36. The number of aromatic nitrogens is 2. The normalized spacial score (nSPS) is 9.63. The first kappa shape index (κ1) is 17.6. The van der Waals surface area contributed by atoms with Crippen LogP contribution in [-0.2, 0) is 6.54 Å². The van der Waals surface area contributed by atoms with Gasteiger partial charge in [0.2, 0.25) is 0 Å². The highest BCUT2D eigenvalue weighted by atomic mass is 15.3. The third kappa shape index (κ3) is 6.39. The predicted molar refractivity (Wildman–Crippen MR) is 85.6 cm³/mol. The molecule has 0 bridgehead atoms. The van der Waals surface area contributed by atoms with E-state index in [4.69, 9.17) is 0 Å². The minimum atomic E-state index is 0.945. The van der Waals surface area contributed by atoms with Gasteiger partial charge in [0, 0.05) is 11.9 Å². The van der Waals surface area contributed by atoms with E-state index in [1.54, 1.807) is 0 Å². The Bertz CT molecular complexity index is 432. The molecule has 0 aliphatic carbocycles. The minimum absolute atomic E-state index is 0.945. The Morgan fingerprint density at radius 3 is 2.26 bits per heavy atom. The van der Waals surface area contributed by atoms with Crippen LogP contribution in [0.25, 0.3) is 10.9 Å². The maximum Gasteiger partial charge on any atom is 0.0682 e. The van der Waals surface area contributed by atoms with E-state index in [2.05, 4.69) is 60.8 Å². The number of hydrogen-bond donors (Lipinski definition) is 0. The quantitative estimate of drug-likeness (QED) is 0.833. The first-order valence-corrected chi connectivity index (χ1v) is 7.24. The van der Waals surface area contributed by atoms with Crippen LogP contribution in [0.1, 0.15) is 34.1 Å². The summed E-state index contributed by atoms with van der Waals surface area (Å²) < 4.78 is 2.05. The molecule has 108 valence electrons. The zero-order valence-electron chi connectivity index (χ0n) is 13.3. The van der Waals surface area contributed by atoms with Gasteiger partial charge in [-0.3, -0.25) is 4.68 Å². The predicted octanol–water partition coefficient (Wildman–Crippen LogP) is 4.04. The molecule has 0 unspecified atom stereocenters. The van der Waals surface area contributed by atoms with Crippen molar-refractivity contribution in [3.63, 3.8) is 0 Å². The second-order valence-corrected chi connectivity index (χ2v) is 4.44. The average Bonchev–Trinajstić information content (AvgIpc) is 2.83. The van der Waals surface area contributed by atoms with E-state index in [0.29, 0.717) is 0 Å². The lowest BCUT2D eigenvalue weighted by Crippen LogP contribution is -2.18. The van der Waals surface area contributed by atoms with Gasteiger partial charge in [-0.25, -0.2) is 0 Å². The van der Waals surface area contributed by atoms with Crippen LogP contribution in [0, 0.1) is 0 Å². The Hall–Kier alpha value is -1.35. The van der Waals surface area contributed by atoms with E-state index in [-0.39, 0.29) is 0 Å². The molecule has 0 spiro atoms. The molecule has 0 aliphatic heterocycles. The lowest BCUT2D eigenvalue weighted by atomic mass is 10.2. The van der Waals surface area contributed by atoms with Crippen LogP contribution in [0.15, 0.2) is 30.5 Å². The zero-order chi connectivity index (χ0) is 14.7. The van der Waals surface area contributed by atoms with Gasteiger partial charge >= 0.3 is 0 Å². The largest absolute Gasteiger partial charge is 0.308 e. The van der Waals surface area contributed by atoms with Crippen LogP contribution >= 0.6 is 0 Å². The molecule has 2 aromatic rings. The molecule has 0 atom stereocenters. The fourth-order valence-electron chi connectivity index (χ4n) is 1.50. The van der Waals surface area contributed by atoms with Crippen molar-refractivity contribution >= 4 is 10.9 Å². The molecule has 19 heavy (non-hydrogen) atoms. The van der Waals surface area contributed by atoms with Gasteiger partial charge in [0.05, 0.1) is 18.3 Å². The van der Waals surface area contributed by atoms with Crippen LogP contribution in [0.3, 0.4) is 0 Å². The smallest absolute Gasteiger partial charge is 0.0682 e. The van der Waals surface area contributed by atoms with Gasteiger partial charge in [-0.15, -0.1) is 0 Å². The second-order valence-electron chi connectivity index (χ2n) is 4.44. The van der Waals surface area contributed by atoms with Crippen LogP contribution in [-0.4, -0.2) is 35.3 Å². The van der Waals surface area contributed by atoms with Crippen molar-refractivity contribution < 1.29 is 0 Å². The highest BCUT2D eigenvalue weighted by molar-refractivity contribution is 5.78. The molecule has 0 radical (unpaired) electrons. The van der Waals surface area contributed by atoms with Gasteiger partial charge in [-0.2, -0.15) is 5.10 Å². The van der Waals surface area contributed by atoms with Gasteiger partial charge in [0.25, 0.3) is 0 Å². The zero-order valence-corrected chi connectivity index (χ0v) is 13.3. The van der Waals surface area contributed by atoms with Crippen molar-refractivity contribution in [3.05, 3.63) is 30.5 Å². The fraction of sp³-hybridized carbons (Fsp3) is 0.562. The highest BCUT2D eigenvalue weighted by Crippen LogP contribution is 2.11. The van der Waals surface area contributed by atoms with Crippen LogP contribution in [0.5, 0.6) is 0 Å². The Balaban J connectivity index is 0.000000573. The summed E-state index contributed by atoms with van der Waals surface area (Å²) in [7, 11) is 4.15. The molecular weight excluding hydrogens is 234 g/mol. The summed E-state index contributed by atoms with van der Waals surface area (Å²) in [5.74, 6) is 0. The van der Waals surface area contributed by atoms with Crippen molar-refractivity contribution in [3.8, 4) is 0 Å². The van der Waals surface area contributed by atoms with E-state index in [9.17, 15) is 0 Å². The van der Waals surface area contributed by atoms with Crippen LogP contribution < -0.4 is 0 Å². The van der Waals surface area contributed by atoms with Gasteiger partial charge in [0.1, 0.15) is 0 Å². The highest BCUT2D eigenvalue weighted by Gasteiger charge is 2.00. The van der Waals surface area contributed by atoms with Crippen molar-refractivity contribution in [1.82, 2.24) is 14.7 Å². The Kier molecular flexibility index (Phi) is 9.81. The molecule has 1 aromatic carbocycles. The third-order valence-electron chi connectivity index (χ3n) is 2.31. The van der Waals surface area contributed by atoms with Gasteiger partial charge in [-0.05, 0) is 20.2 Å². The molecule has 1 heterocycles. The lowest BCUT2D eigenvalue weighted by Gasteiger charge is -2.09. The number of nitrogens with zero attached hydrogens (tertiary/aromatic N) is 3. The maximum atomic E-state index is 4.36. The molecule has 0 N–H and O–H groups in total. The van der Waals surface area contributed by atoms with Gasteiger partial charge in [0.15, 0.2) is 0 Å². The summed E-state index contributed by atoms with van der Waals surface area (Å²) in [4.78, 5) is 2.16. The van der Waals surface area contributed by atoms with Gasteiger partial charge < -0.3 is 4.90 Å². The standard InChI is InChI=1S/C11H15N3.C3H8.C2H6/c1-13(2)7-8-14-11-6-4-3-5-10(11)9-12-14;1-3-2;1-2/h3-6,9H,7-8H2,1-2H3;3H2,1-2H3;1-2H3. The SMILES string of the molecule is CC.CCC.CN(C)CCn1ncc2ccccc21. The summed E-state index contributed by atoms with van der Waals surface area (Å²) in [6.07, 6.45) is 3.17. The fourth-order valence-corrected chi connectivity index (χ4v) is 1.50. The Labute approximate surface area is 118 Å². The number of likely N-dealkylation sites (N-methyl/N-ethyl adjacent to an activating group) is 1. The monoisotopic (exact) mass is 263 g/mol. The third-order valence-corrected chi connectivity index (χ3v) is 2.31. The molecule has 0 saturated carbocycles. The summed E-state index contributed by atoms with van der Waals surface area (Å²) >= 11 is 0. The molecular formula is C16H29N3. The Morgan fingerprint density at radius 2 is 1.68 bits per heavy atom. The Morgan fingerprint density at radius 1 is 1.11 bits per heavy atom.